The first-order chi connectivity index (χ1) is 16.4. The van der Waals surface area contributed by atoms with Crippen molar-refractivity contribution in [3.05, 3.63) is 75.0 Å². The second kappa shape index (κ2) is 8.89. The van der Waals surface area contributed by atoms with Crippen molar-refractivity contribution in [2.24, 2.45) is 5.92 Å². The molecule has 2 aromatic carbocycles. The lowest BCUT2D eigenvalue weighted by atomic mass is 9.80. The lowest BCUT2D eigenvalue weighted by Gasteiger charge is -2.28. The Hall–Kier alpha value is -3.74. The number of piperidine rings is 1. The lowest BCUT2D eigenvalue weighted by molar-refractivity contribution is -0.384. The third-order valence-corrected chi connectivity index (χ3v) is 6.87. The molecule has 7 nitrogen and oxygen atoms in total. The molecule has 1 saturated heterocycles. The van der Waals surface area contributed by atoms with Crippen LogP contribution >= 0.6 is 0 Å². The smallest absolute Gasteiger partial charge is 0.336 e. The maximum absolute atomic E-state index is 12.2. The second-order valence-corrected chi connectivity index (χ2v) is 9.37. The lowest BCUT2D eigenvalue weighted by Crippen LogP contribution is -2.29. The molecule has 0 saturated carbocycles. The molecule has 0 radical (unpaired) electrons. The van der Waals surface area contributed by atoms with E-state index in [-0.39, 0.29) is 16.5 Å². The van der Waals surface area contributed by atoms with Crippen LogP contribution in [0.25, 0.3) is 22.6 Å². The van der Waals surface area contributed by atoms with E-state index in [0.717, 1.165) is 55.5 Å². The zero-order valence-electron chi connectivity index (χ0n) is 19.2. The van der Waals surface area contributed by atoms with Gasteiger partial charge in [0.2, 0.25) is 0 Å². The van der Waals surface area contributed by atoms with Gasteiger partial charge < -0.3 is 10.0 Å². The normalized spacial score (nSPS) is 19.3. The summed E-state index contributed by atoms with van der Waals surface area (Å²) in [4.78, 5) is 30.8. The summed E-state index contributed by atoms with van der Waals surface area (Å²) in [5, 5.41) is 22.6. The predicted octanol–water partition coefficient (Wildman–Crippen LogP) is 5.95. The number of pyridine rings is 1. The topological polar surface area (TPSA) is 96.6 Å². The average molecular weight is 458 g/mol. The number of carboxylic acid groups (broad SMARTS) is 1. The summed E-state index contributed by atoms with van der Waals surface area (Å²) >= 11 is 0. The highest BCUT2D eigenvalue weighted by atomic mass is 16.6. The first-order valence-corrected chi connectivity index (χ1v) is 11.8. The van der Waals surface area contributed by atoms with Crippen molar-refractivity contribution in [2.45, 2.75) is 39.0 Å². The number of carbonyl (C=O) groups is 1. The van der Waals surface area contributed by atoms with E-state index in [9.17, 15) is 20.0 Å². The molecule has 3 aromatic rings. The van der Waals surface area contributed by atoms with Crippen molar-refractivity contribution in [1.29, 1.82) is 0 Å². The Kier molecular flexibility index (Phi) is 5.77. The van der Waals surface area contributed by atoms with Gasteiger partial charge in [-0.2, -0.15) is 0 Å². The molecule has 1 aromatic heterocycles. The van der Waals surface area contributed by atoms with Gasteiger partial charge in [0.25, 0.3) is 5.69 Å². The van der Waals surface area contributed by atoms with E-state index in [0.29, 0.717) is 34.3 Å². The third kappa shape index (κ3) is 4.02. The number of anilines is 1. The molecule has 34 heavy (non-hydrogen) atoms. The highest BCUT2D eigenvalue weighted by molar-refractivity contribution is 6.06. The van der Waals surface area contributed by atoms with Gasteiger partial charge in [0.1, 0.15) is 5.69 Å². The van der Waals surface area contributed by atoms with Crippen LogP contribution in [-0.4, -0.2) is 34.1 Å². The van der Waals surface area contributed by atoms with E-state index in [1.54, 1.807) is 12.1 Å². The van der Waals surface area contributed by atoms with Crippen molar-refractivity contribution >= 4 is 39.9 Å². The summed E-state index contributed by atoms with van der Waals surface area (Å²) in [6.45, 7) is 3.77. The molecule has 1 N–H and O–H groups in total. The van der Waals surface area contributed by atoms with Crippen LogP contribution in [0.1, 0.15) is 59.8 Å². The molecule has 1 aliphatic carbocycles. The number of rotatable bonds is 4. The van der Waals surface area contributed by atoms with Gasteiger partial charge >= 0.3 is 5.97 Å². The fraction of sp³-hybridized carbons (Fsp3) is 0.333. The molecule has 2 aliphatic rings. The summed E-state index contributed by atoms with van der Waals surface area (Å²) in [5.41, 5.74) is 4.82. The number of nitro groups is 1. The number of nitrogens with zero attached hydrogens (tertiary/aromatic N) is 3. The van der Waals surface area contributed by atoms with Gasteiger partial charge in [-0.1, -0.05) is 31.2 Å². The maximum atomic E-state index is 12.2. The van der Waals surface area contributed by atoms with Gasteiger partial charge in [0, 0.05) is 24.5 Å². The number of aromatic carboxylic acids is 1. The highest BCUT2D eigenvalue weighted by Crippen LogP contribution is 2.39. The number of nitro benzene ring substituents is 1. The van der Waals surface area contributed by atoms with Crippen LogP contribution in [0.3, 0.4) is 0 Å². The molecule has 5 rings (SSSR count). The Balaban J connectivity index is 1.63. The standard InChI is InChI=1S/C27H27N3O4/c1-17-13-19(26-21(14-17)25(27(31)32)20-7-3-4-8-22(20)28-26)15-18-9-10-23(24(16-18)30(33)34)29-11-5-2-6-12-29/h3-4,7-10,15-17H,2,5-6,11-14H2,1H3,(H,31,32). The summed E-state index contributed by atoms with van der Waals surface area (Å²) < 4.78 is 0. The molecule has 1 aliphatic heterocycles. The molecule has 174 valence electrons. The number of hydrogen-bond donors (Lipinski definition) is 1. The molecule has 1 unspecified atom stereocenters. The van der Waals surface area contributed by atoms with Gasteiger partial charge in [0.15, 0.2) is 0 Å². The fourth-order valence-corrected chi connectivity index (χ4v) is 5.36. The van der Waals surface area contributed by atoms with Crippen LogP contribution in [0.15, 0.2) is 42.5 Å². The minimum atomic E-state index is -0.954. The van der Waals surface area contributed by atoms with Crippen LogP contribution in [0.4, 0.5) is 11.4 Å². The van der Waals surface area contributed by atoms with E-state index in [4.69, 9.17) is 4.98 Å². The van der Waals surface area contributed by atoms with E-state index in [1.807, 2.05) is 36.4 Å². The number of para-hydroxylation sites is 1. The Labute approximate surface area is 197 Å². The summed E-state index contributed by atoms with van der Waals surface area (Å²) in [6, 6.07) is 12.7. The third-order valence-electron chi connectivity index (χ3n) is 6.87. The van der Waals surface area contributed by atoms with Gasteiger partial charge in [0.05, 0.1) is 21.7 Å². The van der Waals surface area contributed by atoms with E-state index in [1.165, 1.54) is 0 Å². The number of carboxylic acids is 1. The summed E-state index contributed by atoms with van der Waals surface area (Å²) in [5.74, 6) is -0.716. The van der Waals surface area contributed by atoms with E-state index < -0.39 is 5.97 Å². The highest BCUT2D eigenvalue weighted by Gasteiger charge is 2.28. The number of allylic oxidation sites excluding steroid dienone is 1. The van der Waals surface area contributed by atoms with Crippen molar-refractivity contribution in [3.8, 4) is 0 Å². The summed E-state index contributed by atoms with van der Waals surface area (Å²) in [7, 11) is 0. The summed E-state index contributed by atoms with van der Waals surface area (Å²) in [6.07, 6.45) is 6.56. The predicted molar refractivity (Wildman–Crippen MR) is 133 cm³/mol. The number of hydrogen-bond acceptors (Lipinski definition) is 5. The molecule has 7 heteroatoms. The molecule has 0 spiro atoms. The molecular formula is C27H27N3O4. The zero-order valence-corrected chi connectivity index (χ0v) is 19.2. The second-order valence-electron chi connectivity index (χ2n) is 9.37. The Morgan fingerprint density at radius 3 is 2.65 bits per heavy atom. The van der Waals surface area contributed by atoms with Crippen LogP contribution in [0.2, 0.25) is 0 Å². The van der Waals surface area contributed by atoms with E-state index >= 15 is 0 Å². The first kappa shape index (κ1) is 22.1. The van der Waals surface area contributed by atoms with Crippen LogP contribution in [-0.2, 0) is 6.42 Å². The minimum Gasteiger partial charge on any atom is -0.478 e. The van der Waals surface area contributed by atoms with Crippen molar-refractivity contribution in [3.63, 3.8) is 0 Å². The largest absolute Gasteiger partial charge is 0.478 e. The molecule has 2 heterocycles. The van der Waals surface area contributed by atoms with E-state index in [2.05, 4.69) is 11.8 Å². The molecule has 0 bridgehead atoms. The monoisotopic (exact) mass is 457 g/mol. The van der Waals surface area contributed by atoms with Crippen LogP contribution in [0, 0.1) is 16.0 Å². The SMILES string of the molecule is CC1CC(=Cc2ccc(N3CCCCC3)c([N+](=O)[O-])c2)c2nc3ccccc3c(C(=O)O)c2C1. The molecule has 1 fully saturated rings. The number of aromatic nitrogens is 1. The fourth-order valence-electron chi connectivity index (χ4n) is 5.36. The zero-order chi connectivity index (χ0) is 23.8. The number of benzene rings is 2. The van der Waals surface area contributed by atoms with Crippen LogP contribution in [0.5, 0.6) is 0 Å². The quantitative estimate of drug-likeness (QED) is 0.384. The van der Waals surface area contributed by atoms with Crippen molar-refractivity contribution in [2.75, 3.05) is 18.0 Å². The Morgan fingerprint density at radius 2 is 1.91 bits per heavy atom. The van der Waals surface area contributed by atoms with Gasteiger partial charge in [-0.05, 0) is 72.9 Å². The minimum absolute atomic E-state index is 0.109. The van der Waals surface area contributed by atoms with Gasteiger partial charge in [-0.25, -0.2) is 9.78 Å². The van der Waals surface area contributed by atoms with Crippen molar-refractivity contribution < 1.29 is 14.8 Å². The van der Waals surface area contributed by atoms with Gasteiger partial charge in [-0.15, -0.1) is 0 Å². The molecule has 0 amide bonds. The van der Waals surface area contributed by atoms with Gasteiger partial charge in [-0.3, -0.25) is 10.1 Å². The Bertz CT molecular complexity index is 1320. The molecular weight excluding hydrogens is 430 g/mol. The van der Waals surface area contributed by atoms with Crippen LogP contribution < -0.4 is 4.90 Å². The maximum Gasteiger partial charge on any atom is 0.336 e. The Morgan fingerprint density at radius 1 is 1.15 bits per heavy atom. The number of fused-ring (bicyclic) bond motifs is 2. The molecule has 1 atom stereocenters. The van der Waals surface area contributed by atoms with Crippen molar-refractivity contribution in [1.82, 2.24) is 4.98 Å². The first-order valence-electron chi connectivity index (χ1n) is 11.8. The average Bonchev–Trinajstić information content (AvgIpc) is 2.83.